The lowest BCUT2D eigenvalue weighted by atomic mass is 10.1. The fraction of sp³-hybridized carbons (Fsp3) is 0.219. The van der Waals surface area contributed by atoms with Crippen LogP contribution in [0.2, 0.25) is 0 Å². The van der Waals surface area contributed by atoms with Crippen molar-refractivity contribution in [3.05, 3.63) is 107 Å². The Balaban J connectivity index is 1.34. The fourth-order valence-corrected chi connectivity index (χ4v) is 5.60. The number of ether oxygens (including phenoxy) is 2. The molecule has 3 aromatic heterocycles. The molecule has 2 aromatic carbocycles. The number of aromatic carboxylic acids is 1. The average molecular weight is 634 g/mol. The first-order chi connectivity index (χ1) is 21.8. The van der Waals surface area contributed by atoms with Crippen LogP contribution in [-0.2, 0) is 26.8 Å². The number of carboxylic acids is 1. The first-order valence-corrected chi connectivity index (χ1v) is 15.7. The molecule has 0 amide bonds. The number of oxazole rings is 1. The van der Waals surface area contributed by atoms with Crippen LogP contribution in [0.15, 0.2) is 87.8 Å². The summed E-state index contributed by atoms with van der Waals surface area (Å²) in [5.74, 6) is 1.92. The second kappa shape index (κ2) is 14.3. The molecule has 0 unspecified atom stereocenters. The molecule has 0 bridgehead atoms. The zero-order valence-corrected chi connectivity index (χ0v) is 25.8. The predicted molar refractivity (Wildman–Crippen MR) is 164 cm³/mol. The highest BCUT2D eigenvalue weighted by molar-refractivity contribution is 7.57. The van der Waals surface area contributed by atoms with E-state index in [-0.39, 0.29) is 43.6 Å². The molecule has 0 aliphatic carbocycles. The lowest BCUT2D eigenvalue weighted by molar-refractivity contribution is 0.0691. The number of hydrogen-bond donors (Lipinski definition) is 1. The van der Waals surface area contributed by atoms with E-state index in [4.69, 9.17) is 27.4 Å². The molecule has 45 heavy (non-hydrogen) atoms. The highest BCUT2D eigenvalue weighted by Crippen LogP contribution is 2.50. The van der Waals surface area contributed by atoms with E-state index in [0.29, 0.717) is 34.2 Å². The van der Waals surface area contributed by atoms with Crippen molar-refractivity contribution < 1.29 is 41.8 Å². The number of hydrogen-bond acceptors (Lipinski definition) is 10. The molecule has 13 heteroatoms. The van der Waals surface area contributed by atoms with E-state index >= 15 is 0 Å². The Morgan fingerprint density at radius 3 is 2.49 bits per heavy atom. The van der Waals surface area contributed by atoms with Crippen LogP contribution in [0.4, 0.5) is 0 Å². The second-order valence-corrected chi connectivity index (χ2v) is 11.5. The Labute approximate surface area is 259 Å². The van der Waals surface area contributed by atoms with Gasteiger partial charge in [-0.1, -0.05) is 24.3 Å². The van der Waals surface area contributed by atoms with Crippen LogP contribution in [0.3, 0.4) is 0 Å². The summed E-state index contributed by atoms with van der Waals surface area (Å²) in [6.07, 6.45) is 4.83. The zero-order chi connectivity index (χ0) is 31.8. The van der Waals surface area contributed by atoms with Crippen molar-refractivity contribution in [2.75, 3.05) is 13.2 Å². The van der Waals surface area contributed by atoms with Crippen LogP contribution in [0.5, 0.6) is 11.6 Å². The highest BCUT2D eigenvalue weighted by atomic mass is 31.2. The number of rotatable bonds is 15. The van der Waals surface area contributed by atoms with Crippen LogP contribution >= 0.6 is 7.60 Å². The van der Waals surface area contributed by atoms with Crippen molar-refractivity contribution >= 4 is 19.6 Å². The molecule has 12 nitrogen and oxygen atoms in total. The molecule has 0 spiro atoms. The van der Waals surface area contributed by atoms with E-state index in [1.54, 1.807) is 62.0 Å². The summed E-state index contributed by atoms with van der Waals surface area (Å²) >= 11 is 0. The quantitative estimate of drug-likeness (QED) is 0.114. The lowest BCUT2D eigenvalue weighted by Gasteiger charge is -2.12. The molecule has 0 aliphatic heterocycles. The monoisotopic (exact) mass is 633 g/mol. The molecule has 234 valence electrons. The fourth-order valence-electron chi connectivity index (χ4n) is 4.29. The van der Waals surface area contributed by atoms with Gasteiger partial charge in [0.2, 0.25) is 5.88 Å². The first kappa shape index (κ1) is 31.5. The number of carboxylic acid groups (broad SMARTS) is 1. The third kappa shape index (κ3) is 7.79. The Kier molecular flexibility index (Phi) is 9.99. The molecule has 0 aliphatic rings. The Bertz CT molecular complexity index is 1800. The summed E-state index contributed by atoms with van der Waals surface area (Å²) in [5, 5.41) is 14.5. The minimum atomic E-state index is -3.48. The Morgan fingerprint density at radius 1 is 1.02 bits per heavy atom. The van der Waals surface area contributed by atoms with E-state index in [1.807, 2.05) is 30.3 Å². The maximum atomic E-state index is 13.0. The maximum absolute atomic E-state index is 13.0. The molecule has 5 rings (SSSR count). The van der Waals surface area contributed by atoms with E-state index in [0.717, 1.165) is 5.69 Å². The molecule has 0 saturated carbocycles. The molecular weight excluding hydrogens is 601 g/mol. The lowest BCUT2D eigenvalue weighted by Crippen LogP contribution is -2.06. The number of carbonyl (C=O) groups is 1. The van der Waals surface area contributed by atoms with Crippen LogP contribution in [-0.4, -0.2) is 39.1 Å². The van der Waals surface area contributed by atoms with Crippen molar-refractivity contribution in [1.29, 1.82) is 0 Å². The van der Waals surface area contributed by atoms with E-state index < -0.39 is 13.6 Å². The largest absolute Gasteiger partial charge is 0.486 e. The van der Waals surface area contributed by atoms with Crippen LogP contribution in [0.25, 0.3) is 23.4 Å². The van der Waals surface area contributed by atoms with Crippen LogP contribution in [0.1, 0.15) is 46.8 Å². The van der Waals surface area contributed by atoms with Gasteiger partial charge in [-0.3, -0.25) is 4.57 Å². The summed E-state index contributed by atoms with van der Waals surface area (Å²) in [7, 11) is -3.48. The van der Waals surface area contributed by atoms with Gasteiger partial charge in [0, 0.05) is 12.0 Å². The molecule has 0 atom stereocenters. The van der Waals surface area contributed by atoms with Gasteiger partial charge in [-0.05, 0) is 68.8 Å². The molecule has 3 heterocycles. The minimum absolute atomic E-state index is 0.00329. The van der Waals surface area contributed by atoms with Crippen LogP contribution in [0, 0.1) is 6.92 Å². The molecule has 0 saturated heterocycles. The number of furan rings is 1. The Hall–Kier alpha value is -4.90. The average Bonchev–Trinajstić information content (AvgIpc) is 3.79. The maximum Gasteiger partial charge on any atom is 0.354 e. The van der Waals surface area contributed by atoms with E-state index in [2.05, 4.69) is 10.1 Å². The third-order valence-electron chi connectivity index (χ3n) is 6.42. The minimum Gasteiger partial charge on any atom is -0.486 e. The summed E-state index contributed by atoms with van der Waals surface area (Å²) in [6, 6.07) is 17.6. The van der Waals surface area contributed by atoms with Crippen molar-refractivity contribution in [1.82, 2.24) is 14.8 Å². The van der Waals surface area contributed by atoms with Crippen molar-refractivity contribution in [3.63, 3.8) is 0 Å². The molecule has 0 radical (unpaired) electrons. The number of para-hydroxylation sites is 1. The summed E-state index contributed by atoms with van der Waals surface area (Å²) in [5.41, 5.74) is 2.34. The number of nitrogens with zero attached hydrogens (tertiary/aromatic N) is 3. The van der Waals surface area contributed by atoms with Gasteiger partial charge in [-0.25, -0.2) is 14.5 Å². The van der Waals surface area contributed by atoms with Gasteiger partial charge in [0.15, 0.2) is 5.76 Å². The standard InChI is InChI=1S/C32H32N3O9P/c1-4-42-45(38,43-5-2)17-15-24-19-35(25-10-7-6-8-11-25)34-30(24)41-20-23-13-14-28(26(18-23)32(36)37)40-21-27-22(3)44-31(33-27)29-12-9-16-39-29/h6-19H,4-5,20-21H2,1-3H3,(H,36,37)/b17-15+. The molecule has 5 aromatic rings. The second-order valence-electron chi connectivity index (χ2n) is 9.57. The highest BCUT2D eigenvalue weighted by Gasteiger charge is 2.21. The number of aryl methyl sites for hydroxylation is 1. The molecule has 0 fully saturated rings. The van der Waals surface area contributed by atoms with Gasteiger partial charge in [0.25, 0.3) is 5.89 Å². The van der Waals surface area contributed by atoms with Gasteiger partial charge >= 0.3 is 13.6 Å². The van der Waals surface area contributed by atoms with Gasteiger partial charge in [0.05, 0.1) is 30.7 Å². The summed E-state index contributed by atoms with van der Waals surface area (Å²) in [4.78, 5) is 16.5. The number of benzene rings is 2. The normalized spacial score (nSPS) is 11.7. The molecular formula is C32H32N3O9P. The van der Waals surface area contributed by atoms with Gasteiger partial charge < -0.3 is 32.5 Å². The summed E-state index contributed by atoms with van der Waals surface area (Å²) in [6.45, 7) is 5.62. The van der Waals surface area contributed by atoms with Crippen molar-refractivity contribution in [3.8, 4) is 29.0 Å². The van der Waals surface area contributed by atoms with Crippen molar-refractivity contribution in [2.24, 2.45) is 0 Å². The first-order valence-electron chi connectivity index (χ1n) is 14.1. The van der Waals surface area contributed by atoms with Gasteiger partial charge in [-0.15, -0.1) is 5.10 Å². The van der Waals surface area contributed by atoms with Crippen molar-refractivity contribution in [2.45, 2.75) is 34.0 Å². The third-order valence-corrected chi connectivity index (χ3v) is 8.17. The smallest absolute Gasteiger partial charge is 0.354 e. The van der Waals surface area contributed by atoms with E-state index in [1.165, 1.54) is 18.1 Å². The summed E-state index contributed by atoms with van der Waals surface area (Å²) < 4.78 is 48.3. The van der Waals surface area contributed by atoms with Gasteiger partial charge in [0.1, 0.15) is 36.0 Å². The topological polar surface area (TPSA) is 148 Å². The zero-order valence-electron chi connectivity index (χ0n) is 24.9. The van der Waals surface area contributed by atoms with Crippen LogP contribution < -0.4 is 9.47 Å². The van der Waals surface area contributed by atoms with E-state index in [9.17, 15) is 14.5 Å². The van der Waals surface area contributed by atoms with Gasteiger partial charge in [-0.2, -0.15) is 0 Å². The molecule has 1 N–H and O–H groups in total. The predicted octanol–water partition coefficient (Wildman–Crippen LogP) is 7.52. The SMILES string of the molecule is CCOP(=O)(/C=C/c1cn(-c2ccccc2)nc1OCc1ccc(OCc2nc(-c3ccco3)oc2C)c(C(=O)O)c1)OCC. The number of aromatic nitrogens is 3. The Morgan fingerprint density at radius 2 is 1.80 bits per heavy atom.